The quantitative estimate of drug-likeness (QED) is 0.876. The Labute approximate surface area is 105 Å². The molecule has 0 bridgehead atoms. The summed E-state index contributed by atoms with van der Waals surface area (Å²) in [7, 11) is 0. The van der Waals surface area contributed by atoms with Gasteiger partial charge in [0.05, 0.1) is 0 Å². The molecule has 3 heteroatoms. The van der Waals surface area contributed by atoms with Crippen LogP contribution < -0.4 is 0 Å². The molecule has 0 saturated heterocycles. The molecular weight excluding hydrogens is 236 g/mol. The standard InChI is InChI=1S/C14H13ClO2/c15-12-9-5-4-8-11(12)14(17)13(16)10-6-2-1-3-7-10/h1-9,13-14,16-17H/t13-,14+/m1/s1. The van der Waals surface area contributed by atoms with E-state index in [-0.39, 0.29) is 0 Å². The molecule has 2 aromatic rings. The van der Waals surface area contributed by atoms with Gasteiger partial charge < -0.3 is 10.2 Å². The second-order valence-corrected chi connectivity index (χ2v) is 4.23. The minimum absolute atomic E-state index is 0.454. The minimum Gasteiger partial charge on any atom is -0.385 e. The lowest BCUT2D eigenvalue weighted by Crippen LogP contribution is -2.10. The largest absolute Gasteiger partial charge is 0.385 e. The Balaban J connectivity index is 2.27. The smallest absolute Gasteiger partial charge is 0.110 e. The van der Waals surface area contributed by atoms with E-state index in [4.69, 9.17) is 11.6 Å². The van der Waals surface area contributed by atoms with E-state index >= 15 is 0 Å². The van der Waals surface area contributed by atoms with Gasteiger partial charge in [-0.05, 0) is 11.6 Å². The molecule has 0 aliphatic carbocycles. The summed E-state index contributed by atoms with van der Waals surface area (Å²) in [6.45, 7) is 0. The molecule has 0 aliphatic heterocycles. The first-order valence-corrected chi connectivity index (χ1v) is 5.73. The normalized spacial score (nSPS) is 14.3. The average molecular weight is 249 g/mol. The zero-order valence-electron chi connectivity index (χ0n) is 9.12. The van der Waals surface area contributed by atoms with E-state index in [1.807, 2.05) is 18.2 Å². The van der Waals surface area contributed by atoms with Crippen molar-refractivity contribution in [2.24, 2.45) is 0 Å². The SMILES string of the molecule is O[C@H](c1ccccc1)[C@@H](O)c1ccccc1Cl. The number of aliphatic hydroxyl groups excluding tert-OH is 2. The molecule has 0 unspecified atom stereocenters. The minimum atomic E-state index is -1.02. The van der Waals surface area contributed by atoms with Gasteiger partial charge in [0.25, 0.3) is 0 Å². The molecule has 0 heterocycles. The number of halogens is 1. The third-order valence-electron chi connectivity index (χ3n) is 2.66. The molecule has 0 aromatic heterocycles. The molecule has 2 atom stereocenters. The summed E-state index contributed by atoms with van der Waals surface area (Å²) in [6.07, 6.45) is -2.00. The molecule has 0 aliphatic rings. The van der Waals surface area contributed by atoms with Crippen molar-refractivity contribution in [1.82, 2.24) is 0 Å². The fourth-order valence-electron chi connectivity index (χ4n) is 1.72. The Morgan fingerprint density at radius 3 is 2.00 bits per heavy atom. The van der Waals surface area contributed by atoms with Gasteiger partial charge in [-0.2, -0.15) is 0 Å². The van der Waals surface area contributed by atoms with Crippen LogP contribution in [-0.2, 0) is 0 Å². The number of hydrogen-bond acceptors (Lipinski definition) is 2. The maximum absolute atomic E-state index is 10.1. The van der Waals surface area contributed by atoms with Gasteiger partial charge in [-0.15, -0.1) is 0 Å². The molecule has 2 N–H and O–H groups in total. The van der Waals surface area contributed by atoms with Crippen LogP contribution in [0.4, 0.5) is 0 Å². The Hall–Kier alpha value is -1.35. The summed E-state index contributed by atoms with van der Waals surface area (Å²) in [4.78, 5) is 0. The molecule has 0 fully saturated rings. The Morgan fingerprint density at radius 2 is 1.35 bits per heavy atom. The second kappa shape index (κ2) is 5.32. The lowest BCUT2D eigenvalue weighted by atomic mass is 9.98. The van der Waals surface area contributed by atoms with Gasteiger partial charge in [0, 0.05) is 10.6 Å². The topological polar surface area (TPSA) is 40.5 Å². The van der Waals surface area contributed by atoms with Crippen molar-refractivity contribution < 1.29 is 10.2 Å². The predicted octanol–water partition coefficient (Wildman–Crippen LogP) is 3.11. The molecule has 2 nitrogen and oxygen atoms in total. The van der Waals surface area contributed by atoms with E-state index < -0.39 is 12.2 Å². The summed E-state index contributed by atoms with van der Waals surface area (Å²) >= 11 is 5.98. The summed E-state index contributed by atoms with van der Waals surface area (Å²) in [5.74, 6) is 0. The summed E-state index contributed by atoms with van der Waals surface area (Å²) < 4.78 is 0. The van der Waals surface area contributed by atoms with Crippen LogP contribution in [0.25, 0.3) is 0 Å². The fraction of sp³-hybridized carbons (Fsp3) is 0.143. The van der Waals surface area contributed by atoms with Gasteiger partial charge >= 0.3 is 0 Å². The monoisotopic (exact) mass is 248 g/mol. The van der Waals surface area contributed by atoms with Gasteiger partial charge in [0.2, 0.25) is 0 Å². The van der Waals surface area contributed by atoms with Crippen LogP contribution in [0.5, 0.6) is 0 Å². The van der Waals surface area contributed by atoms with E-state index in [0.717, 1.165) is 0 Å². The first kappa shape index (κ1) is 12.1. The number of rotatable bonds is 3. The summed E-state index contributed by atoms with van der Waals surface area (Å²) in [5, 5.41) is 20.6. The van der Waals surface area contributed by atoms with Gasteiger partial charge in [0.15, 0.2) is 0 Å². The van der Waals surface area contributed by atoms with Crippen LogP contribution >= 0.6 is 11.6 Å². The van der Waals surface area contributed by atoms with Gasteiger partial charge in [0.1, 0.15) is 12.2 Å². The molecule has 0 spiro atoms. The maximum Gasteiger partial charge on any atom is 0.110 e. The van der Waals surface area contributed by atoms with Crippen LogP contribution in [0.15, 0.2) is 54.6 Å². The van der Waals surface area contributed by atoms with Crippen molar-refractivity contribution in [3.8, 4) is 0 Å². The lowest BCUT2D eigenvalue weighted by Gasteiger charge is -2.19. The Morgan fingerprint density at radius 1 is 0.765 bits per heavy atom. The molecule has 2 aromatic carbocycles. The summed E-state index contributed by atoms with van der Waals surface area (Å²) in [6, 6.07) is 16.0. The van der Waals surface area contributed by atoms with Crippen molar-refractivity contribution in [2.75, 3.05) is 0 Å². The Bertz CT molecular complexity index is 485. The first-order valence-electron chi connectivity index (χ1n) is 5.35. The zero-order valence-corrected chi connectivity index (χ0v) is 9.88. The molecule has 17 heavy (non-hydrogen) atoms. The highest BCUT2D eigenvalue weighted by Gasteiger charge is 2.21. The third kappa shape index (κ3) is 2.67. The highest BCUT2D eigenvalue weighted by molar-refractivity contribution is 6.31. The average Bonchev–Trinajstić information content (AvgIpc) is 2.39. The molecule has 2 rings (SSSR count). The molecular formula is C14H13ClO2. The molecule has 0 saturated carbocycles. The third-order valence-corrected chi connectivity index (χ3v) is 3.01. The summed E-state index contributed by atoms with van der Waals surface area (Å²) in [5.41, 5.74) is 1.20. The van der Waals surface area contributed by atoms with Gasteiger partial charge in [-0.25, -0.2) is 0 Å². The van der Waals surface area contributed by atoms with Crippen LogP contribution in [0.2, 0.25) is 5.02 Å². The van der Waals surface area contributed by atoms with Gasteiger partial charge in [-0.3, -0.25) is 0 Å². The van der Waals surface area contributed by atoms with E-state index in [1.54, 1.807) is 36.4 Å². The first-order chi connectivity index (χ1) is 8.20. The van der Waals surface area contributed by atoms with Gasteiger partial charge in [-0.1, -0.05) is 60.1 Å². The number of aliphatic hydroxyl groups is 2. The highest BCUT2D eigenvalue weighted by Crippen LogP contribution is 2.32. The molecule has 0 radical (unpaired) electrons. The number of hydrogen-bond donors (Lipinski definition) is 2. The highest BCUT2D eigenvalue weighted by atomic mass is 35.5. The maximum atomic E-state index is 10.1. The van der Waals surface area contributed by atoms with E-state index in [9.17, 15) is 10.2 Å². The Kier molecular flexibility index (Phi) is 3.79. The van der Waals surface area contributed by atoms with Crippen molar-refractivity contribution >= 4 is 11.6 Å². The van der Waals surface area contributed by atoms with Crippen LogP contribution in [0, 0.1) is 0 Å². The lowest BCUT2D eigenvalue weighted by molar-refractivity contribution is 0.0173. The second-order valence-electron chi connectivity index (χ2n) is 3.82. The molecule has 0 amide bonds. The zero-order chi connectivity index (χ0) is 12.3. The van der Waals surface area contributed by atoms with Crippen LogP contribution in [0.3, 0.4) is 0 Å². The van der Waals surface area contributed by atoms with Crippen molar-refractivity contribution in [2.45, 2.75) is 12.2 Å². The van der Waals surface area contributed by atoms with Crippen LogP contribution in [0.1, 0.15) is 23.3 Å². The molecule has 88 valence electrons. The predicted molar refractivity (Wildman–Crippen MR) is 67.8 cm³/mol. The van der Waals surface area contributed by atoms with E-state index in [2.05, 4.69) is 0 Å². The van der Waals surface area contributed by atoms with Crippen molar-refractivity contribution in [3.63, 3.8) is 0 Å². The number of benzene rings is 2. The van der Waals surface area contributed by atoms with Crippen molar-refractivity contribution in [3.05, 3.63) is 70.7 Å². The van der Waals surface area contributed by atoms with E-state index in [0.29, 0.717) is 16.1 Å². The van der Waals surface area contributed by atoms with Crippen molar-refractivity contribution in [1.29, 1.82) is 0 Å². The fourth-order valence-corrected chi connectivity index (χ4v) is 1.97. The van der Waals surface area contributed by atoms with E-state index in [1.165, 1.54) is 0 Å². The van der Waals surface area contributed by atoms with Crippen LogP contribution in [-0.4, -0.2) is 10.2 Å².